The van der Waals surface area contributed by atoms with Gasteiger partial charge >= 0.3 is 10.0 Å². The second-order valence-electron chi connectivity index (χ2n) is 3.63. The Balaban J connectivity index is 2.22. The van der Waals surface area contributed by atoms with Crippen molar-refractivity contribution >= 4 is 10.0 Å². The summed E-state index contributed by atoms with van der Waals surface area (Å²) < 4.78 is 11.1. The fourth-order valence-corrected chi connectivity index (χ4v) is 2.41. The average molecular weight is 226 g/mol. The monoisotopic (exact) mass is 226 g/mol. The average Bonchev–Trinajstić information content (AvgIpc) is 2.33. The van der Waals surface area contributed by atoms with Gasteiger partial charge in [-0.1, -0.05) is 42.5 Å². The normalized spacial score (nSPS) is 14.0. The zero-order chi connectivity index (χ0) is 10.8. The van der Waals surface area contributed by atoms with Crippen molar-refractivity contribution in [3.05, 3.63) is 54.1 Å². The maximum absolute atomic E-state index is 5.59. The van der Waals surface area contributed by atoms with Crippen molar-refractivity contribution in [2.45, 2.75) is 6.61 Å². The zero-order valence-electron chi connectivity index (χ0n) is 8.64. The number of hydrogen-bond donors (Lipinski definition) is 0. The molecule has 16 heavy (non-hydrogen) atoms. The van der Waals surface area contributed by atoms with Gasteiger partial charge in [-0.2, -0.15) is 0 Å². The van der Waals surface area contributed by atoms with Crippen molar-refractivity contribution in [2.75, 3.05) is 0 Å². The third-order valence-corrected chi connectivity index (χ3v) is 3.20. The van der Waals surface area contributed by atoms with E-state index in [2.05, 4.69) is 18.2 Å². The lowest BCUT2D eigenvalue weighted by molar-refractivity contribution is 0.277. The maximum Gasteiger partial charge on any atom is 0.521 e. The molecule has 0 atom stereocenters. The van der Waals surface area contributed by atoms with E-state index in [0.29, 0.717) is 6.61 Å². The molecule has 2 aromatic rings. The minimum Gasteiger partial charge on any atom is -0.517 e. The minimum atomic E-state index is 0.0694. The van der Waals surface area contributed by atoms with Crippen LogP contribution in [0.4, 0.5) is 0 Å². The van der Waals surface area contributed by atoms with Crippen LogP contribution in [-0.2, 0) is 11.0 Å². The topological polar surface area (TPSA) is 18.5 Å². The second-order valence-corrected chi connectivity index (χ2v) is 4.29. The number of rotatable bonds is 0. The SMILES string of the molecule is c1ccc2c(c1)CO[Si]Oc1ccccc1-2. The van der Waals surface area contributed by atoms with Gasteiger partial charge < -0.3 is 8.85 Å². The second kappa shape index (κ2) is 4.12. The van der Waals surface area contributed by atoms with E-state index < -0.39 is 0 Å². The third kappa shape index (κ3) is 1.64. The Hall–Kier alpha value is -1.58. The molecule has 0 fully saturated rings. The molecule has 0 spiro atoms. The first-order chi connectivity index (χ1) is 7.95. The van der Waals surface area contributed by atoms with E-state index in [1.165, 1.54) is 11.1 Å². The fraction of sp³-hybridized carbons (Fsp3) is 0.0769. The fourth-order valence-electron chi connectivity index (χ4n) is 1.87. The molecule has 1 aliphatic rings. The molecule has 0 N–H and O–H groups in total. The molecule has 0 saturated heterocycles. The molecule has 3 rings (SSSR count). The Kier molecular flexibility index (Phi) is 2.48. The first-order valence-corrected chi connectivity index (χ1v) is 5.98. The molecule has 0 unspecified atom stereocenters. The predicted octanol–water partition coefficient (Wildman–Crippen LogP) is 2.80. The molecule has 2 radical (unpaired) electrons. The summed E-state index contributed by atoms with van der Waals surface area (Å²) in [6.45, 7) is 0.614. The number of para-hydroxylation sites is 1. The van der Waals surface area contributed by atoms with Crippen molar-refractivity contribution in [3.63, 3.8) is 0 Å². The maximum atomic E-state index is 5.59. The Morgan fingerprint density at radius 2 is 1.62 bits per heavy atom. The van der Waals surface area contributed by atoms with Gasteiger partial charge in [-0.3, -0.25) is 0 Å². The summed E-state index contributed by atoms with van der Waals surface area (Å²) in [5.74, 6) is 0.896. The Labute approximate surface area is 96.9 Å². The van der Waals surface area contributed by atoms with Crippen molar-refractivity contribution < 1.29 is 8.85 Å². The molecule has 0 aromatic heterocycles. The van der Waals surface area contributed by atoms with Gasteiger partial charge in [0.25, 0.3) is 0 Å². The van der Waals surface area contributed by atoms with Crippen LogP contribution in [0.25, 0.3) is 11.1 Å². The summed E-state index contributed by atoms with van der Waals surface area (Å²) in [6, 6.07) is 16.4. The summed E-state index contributed by atoms with van der Waals surface area (Å²) in [4.78, 5) is 0. The third-order valence-electron chi connectivity index (χ3n) is 2.63. The van der Waals surface area contributed by atoms with Gasteiger partial charge in [-0.25, -0.2) is 0 Å². The molecule has 0 bridgehead atoms. The van der Waals surface area contributed by atoms with Crippen LogP contribution >= 0.6 is 0 Å². The Morgan fingerprint density at radius 3 is 2.56 bits per heavy atom. The zero-order valence-corrected chi connectivity index (χ0v) is 9.64. The molecule has 2 nitrogen and oxygen atoms in total. The van der Waals surface area contributed by atoms with Crippen LogP contribution < -0.4 is 4.43 Å². The van der Waals surface area contributed by atoms with E-state index in [0.717, 1.165) is 11.3 Å². The molecule has 1 aliphatic heterocycles. The number of hydrogen-bond acceptors (Lipinski definition) is 2. The lowest BCUT2D eigenvalue weighted by Crippen LogP contribution is -2.11. The molecular formula is C13H10O2Si. The highest BCUT2D eigenvalue weighted by atomic mass is 28.3. The van der Waals surface area contributed by atoms with E-state index in [1.54, 1.807) is 0 Å². The van der Waals surface area contributed by atoms with Crippen LogP contribution in [0.1, 0.15) is 5.56 Å². The molecule has 1 heterocycles. The van der Waals surface area contributed by atoms with Crippen molar-refractivity contribution in [3.8, 4) is 16.9 Å². The highest BCUT2D eigenvalue weighted by Gasteiger charge is 2.13. The molecule has 2 aromatic carbocycles. The molecule has 0 aliphatic carbocycles. The van der Waals surface area contributed by atoms with Crippen molar-refractivity contribution in [1.82, 2.24) is 0 Å². The van der Waals surface area contributed by atoms with E-state index >= 15 is 0 Å². The smallest absolute Gasteiger partial charge is 0.517 e. The standard InChI is InChI=1S/C13H10O2Si/c1-2-6-11-10(5-1)9-14-16-15-13-8-4-3-7-12(11)13/h1-8H,9H2. The van der Waals surface area contributed by atoms with Gasteiger partial charge in [0.1, 0.15) is 5.75 Å². The first kappa shape index (κ1) is 9.63. The van der Waals surface area contributed by atoms with E-state index in [-0.39, 0.29) is 10.0 Å². The van der Waals surface area contributed by atoms with E-state index in [4.69, 9.17) is 8.85 Å². The summed E-state index contributed by atoms with van der Waals surface area (Å²) >= 11 is 0. The first-order valence-electron chi connectivity index (χ1n) is 5.16. The van der Waals surface area contributed by atoms with Crippen LogP contribution in [0.15, 0.2) is 48.5 Å². The summed E-state index contributed by atoms with van der Waals surface area (Å²) in [5.41, 5.74) is 3.56. The van der Waals surface area contributed by atoms with Crippen molar-refractivity contribution in [1.29, 1.82) is 0 Å². The van der Waals surface area contributed by atoms with Gasteiger partial charge in [0.15, 0.2) is 0 Å². The largest absolute Gasteiger partial charge is 0.521 e. The Bertz CT molecular complexity index is 463. The van der Waals surface area contributed by atoms with Gasteiger partial charge in [0.2, 0.25) is 0 Å². The van der Waals surface area contributed by atoms with Crippen LogP contribution in [0.2, 0.25) is 0 Å². The Morgan fingerprint density at radius 1 is 0.875 bits per heavy atom. The van der Waals surface area contributed by atoms with Gasteiger partial charge in [-0.15, -0.1) is 0 Å². The molecule has 0 saturated carbocycles. The number of benzene rings is 2. The summed E-state index contributed by atoms with van der Waals surface area (Å²) in [6.07, 6.45) is 0. The quantitative estimate of drug-likeness (QED) is 0.643. The van der Waals surface area contributed by atoms with Gasteiger partial charge in [0, 0.05) is 5.56 Å². The van der Waals surface area contributed by atoms with Crippen LogP contribution in [0, 0.1) is 0 Å². The van der Waals surface area contributed by atoms with Crippen LogP contribution in [0.3, 0.4) is 0 Å². The summed E-state index contributed by atoms with van der Waals surface area (Å²) in [7, 11) is 0.0694. The summed E-state index contributed by atoms with van der Waals surface area (Å²) in [5, 5.41) is 0. The molecular weight excluding hydrogens is 216 g/mol. The van der Waals surface area contributed by atoms with Crippen LogP contribution in [0.5, 0.6) is 5.75 Å². The highest BCUT2D eigenvalue weighted by Crippen LogP contribution is 2.33. The van der Waals surface area contributed by atoms with Gasteiger partial charge in [0.05, 0.1) is 6.61 Å². The highest BCUT2D eigenvalue weighted by molar-refractivity contribution is 6.19. The lowest BCUT2D eigenvalue weighted by atomic mass is 9.99. The van der Waals surface area contributed by atoms with Crippen molar-refractivity contribution in [2.24, 2.45) is 0 Å². The van der Waals surface area contributed by atoms with Crippen LogP contribution in [-0.4, -0.2) is 10.0 Å². The molecule has 78 valence electrons. The van der Waals surface area contributed by atoms with E-state index in [9.17, 15) is 0 Å². The van der Waals surface area contributed by atoms with Gasteiger partial charge in [-0.05, 0) is 17.2 Å². The van der Waals surface area contributed by atoms with E-state index in [1.807, 2.05) is 30.3 Å². The molecule has 3 heteroatoms. The molecule has 0 amide bonds. The minimum absolute atomic E-state index is 0.0694. The lowest BCUT2D eigenvalue weighted by Gasteiger charge is -2.17. The number of fused-ring (bicyclic) bond motifs is 3. The predicted molar refractivity (Wildman–Crippen MR) is 63.0 cm³/mol.